The van der Waals surface area contributed by atoms with Gasteiger partial charge >= 0.3 is 0 Å². The number of allylic oxidation sites excluding steroid dienone is 2. The van der Waals surface area contributed by atoms with E-state index >= 15 is 0 Å². The second-order valence-electron chi connectivity index (χ2n) is 16.4. The summed E-state index contributed by atoms with van der Waals surface area (Å²) in [5, 5.41) is 11.1. The molecule has 0 N–H and O–H groups in total. The van der Waals surface area contributed by atoms with Crippen LogP contribution in [0.15, 0.2) is 77.6 Å². The predicted molar refractivity (Wildman–Crippen MR) is 234 cm³/mol. The third kappa shape index (κ3) is 9.92. The quantitative estimate of drug-likeness (QED) is 0.0594. The van der Waals surface area contributed by atoms with Gasteiger partial charge in [0.2, 0.25) is 0 Å². The van der Waals surface area contributed by atoms with Crippen molar-refractivity contribution < 1.29 is 14.3 Å². The molecule has 1 unspecified atom stereocenters. The Bertz CT molecular complexity index is 2090. The van der Waals surface area contributed by atoms with Crippen LogP contribution in [0.1, 0.15) is 137 Å². The van der Waals surface area contributed by atoms with Crippen LogP contribution < -0.4 is 14.4 Å². The van der Waals surface area contributed by atoms with Crippen molar-refractivity contribution in [3.63, 3.8) is 0 Å². The van der Waals surface area contributed by atoms with Gasteiger partial charge in [0, 0.05) is 41.9 Å². The van der Waals surface area contributed by atoms with E-state index in [1.807, 2.05) is 37.4 Å². The number of aromatic nitrogens is 2. The third-order valence-electron chi connectivity index (χ3n) is 12.3. The molecule has 300 valence electrons. The van der Waals surface area contributed by atoms with Crippen LogP contribution in [0.3, 0.4) is 0 Å². The van der Waals surface area contributed by atoms with E-state index in [1.54, 1.807) is 6.20 Å². The Balaban J connectivity index is 1.08. The molecule has 2 fully saturated rings. The highest BCUT2D eigenvalue weighted by atomic mass is 32.2. The van der Waals surface area contributed by atoms with Crippen molar-refractivity contribution in [3.8, 4) is 17.6 Å². The van der Waals surface area contributed by atoms with Crippen LogP contribution in [-0.4, -0.2) is 41.7 Å². The molecule has 2 heterocycles. The normalized spacial score (nSPS) is 15.1. The van der Waals surface area contributed by atoms with Crippen molar-refractivity contribution in [2.45, 2.75) is 117 Å². The van der Waals surface area contributed by atoms with Crippen LogP contribution in [-0.2, 0) is 18.4 Å². The molecule has 1 atom stereocenters. The van der Waals surface area contributed by atoms with Crippen LogP contribution >= 0.6 is 11.8 Å². The lowest BCUT2D eigenvalue weighted by molar-refractivity contribution is 0.0927. The minimum absolute atomic E-state index is 0.0273. The second kappa shape index (κ2) is 19.2. The van der Waals surface area contributed by atoms with Crippen molar-refractivity contribution >= 4 is 28.8 Å². The number of carbonyl (C=O) groups is 1. The van der Waals surface area contributed by atoms with Gasteiger partial charge in [-0.05, 0) is 141 Å². The first-order valence-corrected chi connectivity index (χ1v) is 22.2. The smallest absolute Gasteiger partial charge is 0.187 e. The third-order valence-corrected chi connectivity index (χ3v) is 12.9. The Morgan fingerprint density at radius 3 is 2.40 bits per heavy atom. The maximum atomic E-state index is 13.4. The zero-order chi connectivity index (χ0) is 40.5. The fraction of sp³-hybridized carbons (Fsp3) is 0.469. The molecule has 1 saturated carbocycles. The number of ketones is 1. The molecule has 3 aromatic carbocycles. The average molecular weight is 785 g/mol. The molecule has 0 radical (unpaired) electrons. The van der Waals surface area contributed by atoms with Gasteiger partial charge in [0.25, 0.3) is 0 Å². The van der Waals surface area contributed by atoms with Crippen molar-refractivity contribution in [2.75, 3.05) is 30.9 Å². The van der Waals surface area contributed by atoms with Crippen LogP contribution in [0, 0.1) is 23.2 Å². The number of nitrogens with zero attached hydrogens (tertiary/aromatic N) is 4. The monoisotopic (exact) mass is 784 g/mol. The van der Waals surface area contributed by atoms with Crippen LogP contribution in [0.4, 0.5) is 5.69 Å². The van der Waals surface area contributed by atoms with Gasteiger partial charge in [0.1, 0.15) is 24.2 Å². The van der Waals surface area contributed by atoms with Gasteiger partial charge in [-0.25, -0.2) is 9.97 Å². The number of thioether (sulfide) groups is 1. The summed E-state index contributed by atoms with van der Waals surface area (Å²) in [4.78, 5) is 24.6. The molecule has 7 nitrogen and oxygen atoms in total. The van der Waals surface area contributed by atoms with Crippen molar-refractivity contribution in [3.05, 3.63) is 112 Å². The summed E-state index contributed by atoms with van der Waals surface area (Å²) in [6, 6.07) is 23.4. The minimum atomic E-state index is -0.337. The van der Waals surface area contributed by atoms with Gasteiger partial charge in [-0.15, -0.1) is 0 Å². The fourth-order valence-electron chi connectivity index (χ4n) is 8.04. The average Bonchev–Trinajstić information content (AvgIpc) is 3.22. The minimum Gasteiger partial charge on any atom is -0.492 e. The molecule has 1 aliphatic carbocycles. The van der Waals surface area contributed by atoms with E-state index in [9.17, 15) is 10.1 Å². The van der Waals surface area contributed by atoms with Gasteiger partial charge in [-0.1, -0.05) is 76.6 Å². The number of ether oxygens (including phenoxy) is 2. The van der Waals surface area contributed by atoms with E-state index in [0.29, 0.717) is 24.7 Å². The Hall–Kier alpha value is -4.61. The van der Waals surface area contributed by atoms with Crippen LogP contribution in [0.25, 0.3) is 5.57 Å². The molecule has 2 aliphatic rings. The lowest BCUT2D eigenvalue weighted by Gasteiger charge is -2.34. The number of hydrogen-bond donors (Lipinski definition) is 0. The summed E-state index contributed by atoms with van der Waals surface area (Å²) in [7, 11) is 0. The molecule has 57 heavy (non-hydrogen) atoms. The summed E-state index contributed by atoms with van der Waals surface area (Å²) < 4.78 is 12.6. The van der Waals surface area contributed by atoms with E-state index in [0.717, 1.165) is 115 Å². The van der Waals surface area contributed by atoms with Gasteiger partial charge in [-0.3, -0.25) is 4.79 Å². The van der Waals surface area contributed by atoms with Crippen LogP contribution in [0.2, 0.25) is 0 Å². The molecule has 6 rings (SSSR count). The lowest BCUT2D eigenvalue weighted by Crippen LogP contribution is -2.34. The maximum absolute atomic E-state index is 13.4. The largest absolute Gasteiger partial charge is 0.492 e. The Kier molecular flexibility index (Phi) is 14.2. The first-order valence-electron chi connectivity index (χ1n) is 21.0. The van der Waals surface area contributed by atoms with E-state index in [1.165, 1.54) is 35.0 Å². The number of benzene rings is 3. The molecular formula is C49H60N4O3S. The van der Waals surface area contributed by atoms with Crippen molar-refractivity contribution in [1.29, 1.82) is 5.26 Å². The summed E-state index contributed by atoms with van der Waals surface area (Å²) >= 11 is 1.51. The van der Waals surface area contributed by atoms with Gasteiger partial charge < -0.3 is 14.4 Å². The molecular weight excluding hydrogens is 725 g/mol. The fourth-order valence-corrected chi connectivity index (χ4v) is 8.41. The summed E-state index contributed by atoms with van der Waals surface area (Å²) in [5.74, 6) is 2.37. The van der Waals surface area contributed by atoms with E-state index < -0.39 is 0 Å². The van der Waals surface area contributed by atoms with E-state index in [2.05, 4.69) is 92.0 Å². The predicted octanol–water partition coefficient (Wildman–Crippen LogP) is 11.8. The molecule has 1 saturated heterocycles. The Morgan fingerprint density at radius 1 is 1.00 bits per heavy atom. The van der Waals surface area contributed by atoms with Gasteiger partial charge in [0.05, 0.1) is 17.9 Å². The van der Waals surface area contributed by atoms with Gasteiger partial charge in [0.15, 0.2) is 10.9 Å². The number of Topliss-reactive ketones (excluding diaryl/α,β-unsaturated/α-hetero) is 1. The Labute approximate surface area is 345 Å². The molecule has 4 aromatic rings. The van der Waals surface area contributed by atoms with Gasteiger partial charge in [-0.2, -0.15) is 5.26 Å². The SMILES string of the molecule is CCCc1cc(C(C)(C)c2ccc(OCc3ccnc(SC)n3)cc2)cc(C#N)c1OCCC1CCN(c2ccc(C(=O)C(C)CC)c(C(C)=C3CCC3)c2)CC1. The number of carbonyl (C=O) groups excluding carboxylic acids is 1. The molecule has 8 heteroatoms. The number of anilines is 1. The standard InChI is InChI=1S/C49H60N4O3S/c1-8-11-37-28-40(49(5,6)39-14-17-43(18-15-39)56-32-41-20-24-51-48(52-41)57-7)29-38(31-50)47(37)55-27-23-35-21-25-53(26-22-35)42-16-19-44(46(54)33(3)9-2)45(30-42)34(4)36-12-10-13-36/h14-20,24,28-30,33,35H,8-13,21-23,25-27,32H2,1-7H3. The summed E-state index contributed by atoms with van der Waals surface area (Å²) in [6.07, 6.45) is 13.1. The Morgan fingerprint density at radius 2 is 1.75 bits per heavy atom. The van der Waals surface area contributed by atoms with Crippen molar-refractivity contribution in [1.82, 2.24) is 9.97 Å². The summed E-state index contributed by atoms with van der Waals surface area (Å²) in [6.45, 7) is 15.9. The maximum Gasteiger partial charge on any atom is 0.187 e. The number of hydrogen-bond acceptors (Lipinski definition) is 8. The molecule has 1 aliphatic heterocycles. The topological polar surface area (TPSA) is 88.3 Å². The van der Waals surface area contributed by atoms with E-state index in [4.69, 9.17) is 9.47 Å². The molecule has 0 bridgehead atoms. The number of rotatable bonds is 17. The number of piperidine rings is 1. The van der Waals surface area contributed by atoms with Crippen LogP contribution in [0.5, 0.6) is 11.5 Å². The summed E-state index contributed by atoms with van der Waals surface area (Å²) in [5.41, 5.74) is 10.5. The number of aryl methyl sites for hydroxylation is 1. The second-order valence-corrected chi connectivity index (χ2v) is 17.2. The molecule has 1 aromatic heterocycles. The first kappa shape index (κ1) is 42.0. The highest BCUT2D eigenvalue weighted by Gasteiger charge is 2.28. The number of nitriles is 1. The lowest BCUT2D eigenvalue weighted by atomic mass is 9.76. The molecule has 0 spiro atoms. The highest BCUT2D eigenvalue weighted by molar-refractivity contribution is 7.98. The van der Waals surface area contributed by atoms with Crippen molar-refractivity contribution in [2.24, 2.45) is 11.8 Å². The van der Waals surface area contributed by atoms with E-state index in [-0.39, 0.29) is 17.1 Å². The zero-order valence-electron chi connectivity index (χ0n) is 35.1. The first-order chi connectivity index (χ1) is 27.6. The highest BCUT2D eigenvalue weighted by Crippen LogP contribution is 2.39. The zero-order valence-corrected chi connectivity index (χ0v) is 35.9. The molecule has 0 amide bonds.